The number of nitrogens with zero attached hydrogens (tertiary/aromatic N) is 4. The Balaban J connectivity index is 1.43. The Morgan fingerprint density at radius 2 is 1.76 bits per heavy atom. The minimum Gasteiger partial charge on any atom is -0.466 e. The van der Waals surface area contributed by atoms with E-state index in [1.165, 1.54) is 23.2 Å². The van der Waals surface area contributed by atoms with Crippen molar-refractivity contribution in [1.82, 2.24) is 25.5 Å². The highest BCUT2D eigenvalue weighted by Gasteiger charge is 2.09. The fourth-order valence-electron chi connectivity index (χ4n) is 2.99. The number of tetrazole rings is 1. The van der Waals surface area contributed by atoms with Gasteiger partial charge < -0.3 is 20.1 Å². The predicted molar refractivity (Wildman–Crippen MR) is 138 cm³/mol. The number of esters is 1. The molecule has 0 spiro atoms. The van der Waals surface area contributed by atoms with Crippen LogP contribution in [0.5, 0.6) is 0 Å². The third-order valence-electron chi connectivity index (χ3n) is 4.68. The van der Waals surface area contributed by atoms with Crippen molar-refractivity contribution in [2.24, 2.45) is 0 Å². The Kier molecular flexibility index (Phi) is 10.3. The average Bonchev–Trinajstić information content (AvgIpc) is 3.42. The molecule has 0 bridgehead atoms. The van der Waals surface area contributed by atoms with E-state index in [1.807, 2.05) is 0 Å². The number of carbonyl (C=O) groups is 4. The molecule has 0 radical (unpaired) electrons. The molecule has 3 N–H and O–H groups in total. The van der Waals surface area contributed by atoms with Crippen LogP contribution in [0.4, 0.5) is 16.2 Å². The molecule has 0 saturated heterocycles. The van der Waals surface area contributed by atoms with E-state index >= 15 is 0 Å². The number of hydrogen-bond acceptors (Lipinski definition) is 9. The molecule has 0 saturated carbocycles. The lowest BCUT2D eigenvalue weighted by Crippen LogP contribution is -2.31. The normalized spacial score (nSPS) is 10.6. The number of ether oxygens (including phenoxy) is 2. The minimum atomic E-state index is -0.732. The summed E-state index contributed by atoms with van der Waals surface area (Å²) in [5.74, 6) is -1.41. The van der Waals surface area contributed by atoms with Gasteiger partial charge in [-0.15, -0.1) is 5.10 Å². The van der Waals surface area contributed by atoms with Crippen molar-refractivity contribution in [3.63, 3.8) is 0 Å². The van der Waals surface area contributed by atoms with Gasteiger partial charge in [-0.05, 0) is 65.9 Å². The fourth-order valence-corrected chi connectivity index (χ4v) is 3.17. The van der Waals surface area contributed by atoms with Crippen LogP contribution in [0.2, 0.25) is 5.02 Å². The van der Waals surface area contributed by atoms with Crippen molar-refractivity contribution < 1.29 is 28.7 Å². The first kappa shape index (κ1) is 27.8. The first-order valence-electron chi connectivity index (χ1n) is 11.3. The second-order valence-corrected chi connectivity index (χ2v) is 7.89. The molecule has 0 unspecified atom stereocenters. The van der Waals surface area contributed by atoms with Gasteiger partial charge in [0.25, 0.3) is 0 Å². The van der Waals surface area contributed by atoms with E-state index in [2.05, 4.69) is 31.5 Å². The molecule has 198 valence electrons. The molecular weight excluding hydrogens is 518 g/mol. The van der Waals surface area contributed by atoms with Gasteiger partial charge in [-0.1, -0.05) is 11.6 Å². The molecule has 1 heterocycles. The summed E-state index contributed by atoms with van der Waals surface area (Å²) >= 11 is 6.06. The molecule has 13 nitrogen and oxygen atoms in total. The topological polar surface area (TPSA) is 166 Å². The molecular formula is C24H24ClN7O6. The Labute approximate surface area is 222 Å². The second kappa shape index (κ2) is 14.1. The number of halogens is 1. The first-order valence-corrected chi connectivity index (χ1v) is 11.7. The molecule has 3 aromatic rings. The fraction of sp³-hybridized carbons (Fsp3) is 0.208. The Morgan fingerprint density at radius 3 is 2.45 bits per heavy atom. The van der Waals surface area contributed by atoms with E-state index in [9.17, 15) is 19.2 Å². The molecule has 0 aliphatic heterocycles. The first-order chi connectivity index (χ1) is 18.3. The van der Waals surface area contributed by atoms with Crippen LogP contribution in [0.15, 0.2) is 54.9 Å². The Morgan fingerprint density at radius 1 is 1.03 bits per heavy atom. The average molecular weight is 542 g/mol. The summed E-state index contributed by atoms with van der Waals surface area (Å²) in [6.07, 6.45) is 3.43. The number of amides is 3. The summed E-state index contributed by atoms with van der Waals surface area (Å²) < 4.78 is 11.1. The van der Waals surface area contributed by atoms with E-state index in [4.69, 9.17) is 21.1 Å². The van der Waals surface area contributed by atoms with E-state index in [0.29, 0.717) is 27.6 Å². The molecule has 0 atom stereocenters. The van der Waals surface area contributed by atoms with Crippen molar-refractivity contribution >= 4 is 52.9 Å². The number of benzene rings is 2. The largest absolute Gasteiger partial charge is 0.466 e. The zero-order valence-electron chi connectivity index (χ0n) is 20.2. The van der Waals surface area contributed by atoms with Crippen LogP contribution in [0.1, 0.15) is 18.9 Å². The number of aromatic nitrogens is 4. The maximum Gasteiger partial charge on any atom is 0.411 e. The predicted octanol–water partition coefficient (Wildman–Crippen LogP) is 2.59. The third-order valence-corrected chi connectivity index (χ3v) is 4.92. The number of nitrogens with one attached hydrogen (secondary N) is 3. The van der Waals surface area contributed by atoms with Crippen LogP contribution in [0, 0.1) is 0 Å². The minimum absolute atomic E-state index is 0.0408. The summed E-state index contributed by atoms with van der Waals surface area (Å²) in [5, 5.41) is 19.1. The van der Waals surface area contributed by atoms with Crippen LogP contribution in [0.3, 0.4) is 0 Å². The van der Waals surface area contributed by atoms with Crippen molar-refractivity contribution in [1.29, 1.82) is 0 Å². The lowest BCUT2D eigenvalue weighted by atomic mass is 10.1. The number of rotatable bonds is 11. The highest BCUT2D eigenvalue weighted by Crippen LogP contribution is 2.20. The molecule has 0 aliphatic rings. The van der Waals surface area contributed by atoms with Crippen molar-refractivity contribution in [3.05, 3.63) is 65.5 Å². The summed E-state index contributed by atoms with van der Waals surface area (Å²) in [6, 6.07) is 11.3. The quantitative estimate of drug-likeness (QED) is 0.244. The van der Waals surface area contributed by atoms with Gasteiger partial charge in [-0.25, -0.2) is 4.79 Å². The maximum atomic E-state index is 12.2. The van der Waals surface area contributed by atoms with Crippen LogP contribution in [-0.4, -0.2) is 63.8 Å². The number of carbonyl (C=O) groups excluding carboxylic acids is 4. The van der Waals surface area contributed by atoms with Gasteiger partial charge in [-0.3, -0.25) is 19.7 Å². The summed E-state index contributed by atoms with van der Waals surface area (Å²) in [6.45, 7) is 1.56. The number of hydrogen-bond donors (Lipinski definition) is 3. The molecule has 14 heteroatoms. The Bertz CT molecular complexity index is 1300. The van der Waals surface area contributed by atoms with Crippen LogP contribution < -0.4 is 16.0 Å². The van der Waals surface area contributed by atoms with Gasteiger partial charge in [0, 0.05) is 28.0 Å². The van der Waals surface area contributed by atoms with Crippen molar-refractivity contribution in [3.8, 4) is 5.69 Å². The monoisotopic (exact) mass is 541 g/mol. The summed E-state index contributed by atoms with van der Waals surface area (Å²) in [5.41, 5.74) is 2.08. The molecule has 3 amide bonds. The maximum absolute atomic E-state index is 12.2. The van der Waals surface area contributed by atoms with Gasteiger partial charge in [0.05, 0.1) is 25.3 Å². The highest BCUT2D eigenvalue weighted by molar-refractivity contribution is 6.30. The lowest BCUT2D eigenvalue weighted by Gasteiger charge is -2.09. The summed E-state index contributed by atoms with van der Waals surface area (Å²) in [7, 11) is 0. The van der Waals surface area contributed by atoms with Gasteiger partial charge in [0.15, 0.2) is 0 Å². The molecule has 38 heavy (non-hydrogen) atoms. The van der Waals surface area contributed by atoms with Gasteiger partial charge in [-0.2, -0.15) is 4.68 Å². The third kappa shape index (κ3) is 9.02. The molecule has 2 aromatic carbocycles. The van der Waals surface area contributed by atoms with Crippen LogP contribution >= 0.6 is 11.6 Å². The highest BCUT2D eigenvalue weighted by atomic mass is 35.5. The Hall–Kier alpha value is -4.78. The number of anilines is 2. The summed E-state index contributed by atoms with van der Waals surface area (Å²) in [4.78, 5) is 47.4. The molecule has 1 aromatic heterocycles. The molecule has 3 rings (SSSR count). The van der Waals surface area contributed by atoms with E-state index in [0.717, 1.165) is 0 Å². The van der Waals surface area contributed by atoms with Crippen molar-refractivity contribution in [2.45, 2.75) is 13.3 Å². The van der Waals surface area contributed by atoms with E-state index in [1.54, 1.807) is 49.4 Å². The van der Waals surface area contributed by atoms with Gasteiger partial charge in [0.2, 0.25) is 11.8 Å². The van der Waals surface area contributed by atoms with Crippen LogP contribution in [-0.2, 0) is 23.9 Å². The lowest BCUT2D eigenvalue weighted by molar-refractivity contribution is -0.143. The standard InChI is InChI=1S/C24H24ClN7O6/c1-2-37-23(35)11-12-38-24(36)29-19-7-5-18(6-8-19)28-22(34)14-26-21(33)10-3-16-13-17(25)4-9-20(16)32-15-27-30-31-32/h3-10,13,15H,2,11-12,14H2,1H3,(H,26,33)(H,28,34)(H,29,36)/b10-3+. The molecule has 0 fully saturated rings. The second-order valence-electron chi connectivity index (χ2n) is 7.45. The van der Waals surface area contributed by atoms with E-state index < -0.39 is 23.9 Å². The van der Waals surface area contributed by atoms with Gasteiger partial charge >= 0.3 is 12.1 Å². The molecule has 0 aliphatic carbocycles. The SMILES string of the molecule is CCOC(=O)CCOC(=O)Nc1ccc(NC(=O)CNC(=O)/C=C/c2cc(Cl)ccc2-n2cnnn2)cc1. The smallest absolute Gasteiger partial charge is 0.411 e. The van der Waals surface area contributed by atoms with Gasteiger partial charge in [0.1, 0.15) is 12.9 Å². The zero-order chi connectivity index (χ0) is 27.3. The van der Waals surface area contributed by atoms with Crippen LogP contribution in [0.25, 0.3) is 11.8 Å². The van der Waals surface area contributed by atoms with E-state index in [-0.39, 0.29) is 26.2 Å². The van der Waals surface area contributed by atoms with Crippen molar-refractivity contribution in [2.75, 3.05) is 30.4 Å². The zero-order valence-corrected chi connectivity index (χ0v) is 21.0.